The van der Waals surface area contributed by atoms with Gasteiger partial charge in [-0.05, 0) is 84.8 Å². The molecule has 0 radical (unpaired) electrons. The second-order valence-electron chi connectivity index (χ2n) is 11.2. The van der Waals surface area contributed by atoms with Gasteiger partial charge < -0.3 is 19.9 Å². The topological polar surface area (TPSA) is 85.8 Å². The molecule has 4 aromatic carbocycles. The number of pyridine rings is 1. The molecule has 0 aliphatic heterocycles. The number of aromatic amines is 1. The summed E-state index contributed by atoms with van der Waals surface area (Å²) in [5.74, 6) is 0.839. The number of fused-ring (bicyclic) bond motifs is 1. The van der Waals surface area contributed by atoms with Crippen LogP contribution >= 0.6 is 0 Å². The molecule has 1 aromatic heterocycles. The fourth-order valence-electron chi connectivity index (χ4n) is 5.17. The number of hydrogen-bond acceptors (Lipinski definition) is 5. The first-order valence-electron chi connectivity index (χ1n) is 15.5. The minimum Gasteiger partial charge on any atom is -0.508 e. The number of aliphatic hydroxyl groups is 1. The van der Waals surface area contributed by atoms with Crippen LogP contribution in [0, 0.1) is 6.92 Å². The summed E-state index contributed by atoms with van der Waals surface area (Å²) >= 11 is 0. The fourth-order valence-corrected chi connectivity index (χ4v) is 5.17. The Bertz CT molecular complexity index is 1700. The van der Waals surface area contributed by atoms with Crippen LogP contribution in [0.5, 0.6) is 11.5 Å². The Morgan fingerprint density at radius 3 is 2.30 bits per heavy atom. The van der Waals surface area contributed by atoms with Crippen LogP contribution in [-0.4, -0.2) is 33.2 Å². The second-order valence-corrected chi connectivity index (χ2v) is 11.2. The minimum absolute atomic E-state index is 0. The molecular weight excluding hydrogens is 572 g/mol. The highest BCUT2D eigenvalue weighted by Gasteiger charge is 2.19. The van der Waals surface area contributed by atoms with Gasteiger partial charge in [-0.3, -0.25) is 9.69 Å². The molecule has 0 saturated heterocycles. The molecule has 0 amide bonds. The number of aromatic hydroxyl groups is 1. The number of nitrogens with zero attached hydrogens (tertiary/aromatic N) is 1. The van der Waals surface area contributed by atoms with Crippen molar-refractivity contribution in [3.05, 3.63) is 154 Å². The summed E-state index contributed by atoms with van der Waals surface area (Å²) in [5, 5.41) is 21.9. The molecule has 46 heavy (non-hydrogen) atoms. The Labute approximate surface area is 273 Å². The van der Waals surface area contributed by atoms with Crippen molar-refractivity contribution in [2.45, 2.75) is 59.8 Å². The molecular formula is C40H48N2O4. The summed E-state index contributed by atoms with van der Waals surface area (Å²) < 4.78 is 6.09. The maximum Gasteiger partial charge on any atom is 0.248 e. The van der Waals surface area contributed by atoms with E-state index in [1.54, 1.807) is 18.2 Å². The summed E-state index contributed by atoms with van der Waals surface area (Å²) in [6.07, 6.45) is 3.96. The molecule has 0 aliphatic carbocycles. The largest absolute Gasteiger partial charge is 0.508 e. The molecule has 0 saturated carbocycles. The Balaban J connectivity index is 0.00000109. The molecule has 1 heterocycles. The number of aromatic nitrogens is 1. The summed E-state index contributed by atoms with van der Waals surface area (Å²) in [7, 11) is 0. The van der Waals surface area contributed by atoms with Crippen LogP contribution in [0.2, 0.25) is 0 Å². The number of ether oxygens (including phenoxy) is 1. The number of aryl methyl sites for hydroxylation is 2. The van der Waals surface area contributed by atoms with Gasteiger partial charge in [0.15, 0.2) is 0 Å². The molecule has 5 aromatic rings. The van der Waals surface area contributed by atoms with E-state index in [1.165, 1.54) is 22.8 Å². The normalized spacial score (nSPS) is 11.3. The first-order chi connectivity index (χ1) is 21.9. The van der Waals surface area contributed by atoms with Crippen molar-refractivity contribution in [1.29, 1.82) is 0 Å². The van der Waals surface area contributed by atoms with E-state index < -0.39 is 6.10 Å². The van der Waals surface area contributed by atoms with Crippen LogP contribution in [0.4, 0.5) is 0 Å². The number of rotatable bonds is 13. The van der Waals surface area contributed by atoms with E-state index in [9.17, 15) is 15.0 Å². The van der Waals surface area contributed by atoms with Crippen LogP contribution in [0.25, 0.3) is 10.9 Å². The Kier molecular flexibility index (Phi) is 14.3. The van der Waals surface area contributed by atoms with Gasteiger partial charge in [-0.2, -0.15) is 0 Å². The molecule has 5 rings (SSSR count). The molecule has 6 nitrogen and oxygen atoms in total. The quantitative estimate of drug-likeness (QED) is 0.115. The Morgan fingerprint density at radius 2 is 1.61 bits per heavy atom. The zero-order valence-corrected chi connectivity index (χ0v) is 26.3. The van der Waals surface area contributed by atoms with Crippen molar-refractivity contribution in [2.24, 2.45) is 0 Å². The molecule has 6 heteroatoms. The van der Waals surface area contributed by atoms with E-state index in [0.29, 0.717) is 31.0 Å². The third kappa shape index (κ3) is 10.5. The molecule has 242 valence electrons. The van der Waals surface area contributed by atoms with Crippen LogP contribution < -0.4 is 10.3 Å². The predicted molar refractivity (Wildman–Crippen MR) is 190 cm³/mol. The van der Waals surface area contributed by atoms with Crippen LogP contribution in [-0.2, 0) is 19.6 Å². The molecule has 3 N–H and O–H groups in total. The van der Waals surface area contributed by atoms with Gasteiger partial charge in [-0.15, -0.1) is 6.58 Å². The van der Waals surface area contributed by atoms with E-state index in [0.717, 1.165) is 42.3 Å². The van der Waals surface area contributed by atoms with E-state index in [1.807, 2.05) is 72.8 Å². The zero-order valence-electron chi connectivity index (χ0n) is 26.3. The molecule has 0 fully saturated rings. The highest BCUT2D eigenvalue weighted by molar-refractivity contribution is 5.87. The van der Waals surface area contributed by atoms with Crippen molar-refractivity contribution < 1.29 is 14.9 Å². The van der Waals surface area contributed by atoms with Gasteiger partial charge in [-0.25, -0.2) is 0 Å². The summed E-state index contributed by atoms with van der Waals surface area (Å²) in [5.41, 5.74) is 5.75. The van der Waals surface area contributed by atoms with Crippen LogP contribution in [0.15, 0.2) is 121 Å². The number of aliphatic hydroxyl groups excluding tert-OH is 1. The Morgan fingerprint density at radius 1 is 0.913 bits per heavy atom. The number of benzene rings is 4. The zero-order chi connectivity index (χ0) is 32.0. The second kappa shape index (κ2) is 18.4. The van der Waals surface area contributed by atoms with Crippen LogP contribution in [0.1, 0.15) is 61.1 Å². The van der Waals surface area contributed by atoms with Crippen molar-refractivity contribution in [3.63, 3.8) is 0 Å². The lowest BCUT2D eigenvalue weighted by Crippen LogP contribution is -2.30. The van der Waals surface area contributed by atoms with Gasteiger partial charge in [0.25, 0.3) is 0 Å². The maximum absolute atomic E-state index is 12.3. The van der Waals surface area contributed by atoms with E-state index in [4.69, 9.17) is 4.74 Å². The highest BCUT2D eigenvalue weighted by Crippen LogP contribution is 2.31. The molecule has 1 atom stereocenters. The number of phenolic OH excluding ortho intramolecular Hbond substituents is 1. The van der Waals surface area contributed by atoms with Gasteiger partial charge >= 0.3 is 0 Å². The molecule has 1 unspecified atom stereocenters. The third-order valence-corrected chi connectivity index (χ3v) is 7.74. The lowest BCUT2D eigenvalue weighted by molar-refractivity contribution is 0.109. The number of H-pyrrole nitrogens is 1. The van der Waals surface area contributed by atoms with Gasteiger partial charge in [-0.1, -0.05) is 93.2 Å². The summed E-state index contributed by atoms with van der Waals surface area (Å²) in [6.45, 7) is 9.96. The Hall–Kier alpha value is -4.65. The van der Waals surface area contributed by atoms with Crippen molar-refractivity contribution >= 4 is 10.9 Å². The van der Waals surface area contributed by atoms with Gasteiger partial charge in [0, 0.05) is 24.5 Å². The smallest absolute Gasteiger partial charge is 0.248 e. The van der Waals surface area contributed by atoms with Gasteiger partial charge in [0.1, 0.15) is 18.1 Å². The van der Waals surface area contributed by atoms with Crippen molar-refractivity contribution in [3.8, 4) is 11.5 Å². The van der Waals surface area contributed by atoms with Crippen molar-refractivity contribution in [2.75, 3.05) is 13.1 Å². The fraction of sp³-hybridized carbons (Fsp3) is 0.275. The monoisotopic (exact) mass is 620 g/mol. The lowest BCUT2D eigenvalue weighted by Gasteiger charge is -2.27. The highest BCUT2D eigenvalue weighted by atomic mass is 16.5. The van der Waals surface area contributed by atoms with E-state index >= 15 is 0 Å². The molecule has 0 spiro atoms. The van der Waals surface area contributed by atoms with E-state index in [2.05, 4.69) is 42.4 Å². The average molecular weight is 621 g/mol. The number of nitrogens with one attached hydrogen (secondary N) is 1. The van der Waals surface area contributed by atoms with Crippen molar-refractivity contribution in [1.82, 2.24) is 9.88 Å². The maximum atomic E-state index is 12.3. The molecule has 0 aliphatic rings. The molecule has 0 bridgehead atoms. The SMILES string of the molecule is C.C=CCC.Cc1ccccc1CN(CCCc1ccc(O)cc1)CC(O)c1ccc(OCc2ccccc2)c2[nH]c(=O)ccc12. The standard InChI is InChI=1S/C35H36N2O4.C4H8.CH4/c1-25-8-5-6-12-28(25)22-37(21-7-11-26-13-15-29(38)16-14-26)23-32(39)30-17-19-33(35-31(30)18-20-34(40)36-35)41-24-27-9-3-2-4-10-27;1-3-4-2;/h2-6,8-10,12-20,32,38-39H,7,11,21-24H2,1H3,(H,36,40);3H,1,4H2,2H3;1H4. The predicted octanol–water partition coefficient (Wildman–Crippen LogP) is 8.51. The number of phenols is 1. The van der Waals surface area contributed by atoms with E-state index in [-0.39, 0.29) is 18.7 Å². The first-order valence-corrected chi connectivity index (χ1v) is 15.5. The third-order valence-electron chi connectivity index (χ3n) is 7.74. The minimum atomic E-state index is -0.774. The van der Waals surface area contributed by atoms with Crippen LogP contribution in [0.3, 0.4) is 0 Å². The number of allylic oxidation sites excluding steroid dienone is 1. The summed E-state index contributed by atoms with van der Waals surface area (Å²) in [6, 6.07) is 32.5. The first kappa shape index (κ1) is 35.8. The summed E-state index contributed by atoms with van der Waals surface area (Å²) in [4.78, 5) is 17.5. The lowest BCUT2D eigenvalue weighted by atomic mass is 10.0. The van der Waals surface area contributed by atoms with Gasteiger partial charge in [0.2, 0.25) is 5.56 Å². The van der Waals surface area contributed by atoms with Gasteiger partial charge in [0.05, 0.1) is 11.6 Å². The average Bonchev–Trinajstić information content (AvgIpc) is 3.06. The number of hydrogen-bond donors (Lipinski definition) is 3.